The summed E-state index contributed by atoms with van der Waals surface area (Å²) >= 11 is 1.68. The molecule has 138 valence electrons. The number of benzene rings is 1. The number of nitrogens with zero attached hydrogens (tertiary/aromatic N) is 3. The van der Waals surface area contributed by atoms with Gasteiger partial charge in [0.25, 0.3) is 0 Å². The molecule has 2 aromatic heterocycles. The number of amides is 2. The number of fused-ring (bicyclic) bond motifs is 1. The van der Waals surface area contributed by atoms with Gasteiger partial charge in [0.1, 0.15) is 0 Å². The monoisotopic (exact) mass is 370 g/mol. The number of thiazole rings is 1. The maximum Gasteiger partial charge on any atom is 0.317 e. The number of para-hydroxylation sites is 1. The summed E-state index contributed by atoms with van der Waals surface area (Å²) in [5.74, 6) is 0. The van der Waals surface area contributed by atoms with Gasteiger partial charge in [0.2, 0.25) is 0 Å². The number of nitrogens with one attached hydrogen (secondary N) is 1. The summed E-state index contributed by atoms with van der Waals surface area (Å²) in [5.41, 5.74) is 2.22. The molecular weight excluding hydrogens is 344 g/mol. The molecule has 0 spiro atoms. The van der Waals surface area contributed by atoms with Gasteiger partial charge in [-0.1, -0.05) is 18.2 Å². The second-order valence-corrected chi connectivity index (χ2v) is 8.02. The first-order chi connectivity index (χ1) is 12.5. The molecule has 0 radical (unpaired) electrons. The highest BCUT2D eigenvalue weighted by Crippen LogP contribution is 2.25. The van der Waals surface area contributed by atoms with Crippen molar-refractivity contribution >= 4 is 28.3 Å². The van der Waals surface area contributed by atoms with Gasteiger partial charge in [-0.3, -0.25) is 0 Å². The van der Waals surface area contributed by atoms with Crippen LogP contribution in [0.2, 0.25) is 0 Å². The first-order valence-electron chi connectivity index (χ1n) is 8.96. The van der Waals surface area contributed by atoms with Crippen LogP contribution in [-0.2, 0) is 6.54 Å². The number of hydrogen-bond acceptors (Lipinski definition) is 3. The predicted octanol–water partition coefficient (Wildman–Crippen LogP) is 4.51. The minimum atomic E-state index is -0.0556. The molecule has 1 atom stereocenters. The number of carbonyl (C=O) groups is 1. The van der Waals surface area contributed by atoms with E-state index < -0.39 is 0 Å². The molecule has 0 saturated heterocycles. The molecule has 0 unspecified atom stereocenters. The Hall–Kier alpha value is -2.34. The fraction of sp³-hybridized carbons (Fsp3) is 0.400. The lowest BCUT2D eigenvalue weighted by Gasteiger charge is -2.24. The van der Waals surface area contributed by atoms with Crippen LogP contribution < -0.4 is 5.32 Å². The third kappa shape index (κ3) is 3.90. The van der Waals surface area contributed by atoms with Crippen molar-refractivity contribution in [3.8, 4) is 0 Å². The van der Waals surface area contributed by atoms with Gasteiger partial charge in [0.05, 0.1) is 16.7 Å². The summed E-state index contributed by atoms with van der Waals surface area (Å²) in [6.07, 6.45) is 3.00. The molecule has 1 N–H and O–H groups in total. The molecule has 0 aliphatic carbocycles. The van der Waals surface area contributed by atoms with Gasteiger partial charge in [-0.15, -0.1) is 11.3 Å². The van der Waals surface area contributed by atoms with E-state index in [1.54, 1.807) is 16.2 Å². The third-order valence-corrected chi connectivity index (χ3v) is 5.67. The fourth-order valence-electron chi connectivity index (χ4n) is 3.20. The normalized spacial score (nSPS) is 12.3. The maximum atomic E-state index is 12.4. The van der Waals surface area contributed by atoms with E-state index in [9.17, 15) is 4.79 Å². The lowest BCUT2D eigenvalue weighted by molar-refractivity contribution is 0.193. The van der Waals surface area contributed by atoms with Gasteiger partial charge < -0.3 is 14.8 Å². The van der Waals surface area contributed by atoms with E-state index in [-0.39, 0.29) is 12.1 Å². The minimum Gasteiger partial charge on any atom is -0.347 e. The average molecular weight is 371 g/mol. The molecule has 0 aliphatic heterocycles. The number of rotatable bonds is 6. The third-order valence-electron chi connectivity index (χ3n) is 4.77. The van der Waals surface area contributed by atoms with E-state index in [0.717, 1.165) is 23.7 Å². The SMILES string of the molecule is Cc1nc([C@H](C)N(C)C(=O)NCCCn2ccc3ccccc32)c(C)s1. The molecule has 1 aromatic carbocycles. The van der Waals surface area contributed by atoms with Crippen LogP contribution >= 0.6 is 11.3 Å². The van der Waals surface area contributed by atoms with Gasteiger partial charge >= 0.3 is 6.03 Å². The van der Waals surface area contributed by atoms with Gasteiger partial charge in [0.15, 0.2) is 0 Å². The molecule has 0 bridgehead atoms. The molecule has 0 fully saturated rings. The van der Waals surface area contributed by atoms with Crippen LogP contribution in [0, 0.1) is 13.8 Å². The van der Waals surface area contributed by atoms with Crippen LogP contribution in [-0.4, -0.2) is 34.1 Å². The van der Waals surface area contributed by atoms with Gasteiger partial charge in [-0.25, -0.2) is 9.78 Å². The number of aryl methyl sites for hydroxylation is 3. The summed E-state index contributed by atoms with van der Waals surface area (Å²) in [4.78, 5) is 19.9. The number of aromatic nitrogens is 2. The van der Waals surface area contributed by atoms with Crippen molar-refractivity contribution in [3.05, 3.63) is 52.1 Å². The van der Waals surface area contributed by atoms with Gasteiger partial charge in [-0.2, -0.15) is 0 Å². The van der Waals surface area contributed by atoms with E-state index in [4.69, 9.17) is 0 Å². The second-order valence-electron chi connectivity index (χ2n) is 6.61. The molecule has 3 aromatic rings. The van der Waals surface area contributed by atoms with Crippen molar-refractivity contribution in [1.82, 2.24) is 19.8 Å². The Balaban J connectivity index is 1.50. The quantitative estimate of drug-likeness (QED) is 0.649. The highest BCUT2D eigenvalue weighted by Gasteiger charge is 2.21. The first kappa shape index (κ1) is 18.5. The largest absolute Gasteiger partial charge is 0.347 e. The molecular formula is C20H26N4OS. The van der Waals surface area contributed by atoms with Crippen LogP contribution in [0.15, 0.2) is 36.5 Å². The molecule has 6 heteroatoms. The Bertz CT molecular complexity index is 898. The van der Waals surface area contributed by atoms with Crippen LogP contribution in [0.4, 0.5) is 4.79 Å². The van der Waals surface area contributed by atoms with Crippen molar-refractivity contribution < 1.29 is 4.79 Å². The molecule has 0 saturated carbocycles. The van der Waals surface area contributed by atoms with Crippen LogP contribution in [0.5, 0.6) is 0 Å². The number of carbonyl (C=O) groups excluding carboxylic acids is 1. The highest BCUT2D eigenvalue weighted by atomic mass is 32.1. The van der Waals surface area contributed by atoms with Crippen LogP contribution in [0.1, 0.15) is 35.0 Å². The van der Waals surface area contributed by atoms with Crippen molar-refractivity contribution in [2.45, 2.75) is 39.8 Å². The summed E-state index contributed by atoms with van der Waals surface area (Å²) < 4.78 is 2.23. The Morgan fingerprint density at radius 2 is 2.08 bits per heavy atom. The van der Waals surface area contributed by atoms with Gasteiger partial charge in [0, 0.05) is 36.7 Å². The van der Waals surface area contributed by atoms with Crippen LogP contribution in [0.25, 0.3) is 10.9 Å². The zero-order chi connectivity index (χ0) is 18.7. The highest BCUT2D eigenvalue weighted by molar-refractivity contribution is 7.11. The summed E-state index contributed by atoms with van der Waals surface area (Å²) in [6.45, 7) is 7.62. The summed E-state index contributed by atoms with van der Waals surface area (Å²) in [5, 5.41) is 5.31. The average Bonchev–Trinajstić information content (AvgIpc) is 3.20. The zero-order valence-electron chi connectivity index (χ0n) is 15.8. The summed E-state index contributed by atoms with van der Waals surface area (Å²) in [6, 6.07) is 10.4. The van der Waals surface area contributed by atoms with E-state index in [0.29, 0.717) is 6.54 Å². The smallest absolute Gasteiger partial charge is 0.317 e. The molecule has 2 heterocycles. The maximum absolute atomic E-state index is 12.4. The van der Waals surface area contributed by atoms with Crippen molar-refractivity contribution in [1.29, 1.82) is 0 Å². The van der Waals surface area contributed by atoms with Crippen molar-refractivity contribution in [2.75, 3.05) is 13.6 Å². The lowest BCUT2D eigenvalue weighted by Crippen LogP contribution is -2.39. The van der Waals surface area contributed by atoms with E-state index in [1.165, 1.54) is 15.8 Å². The van der Waals surface area contributed by atoms with Gasteiger partial charge in [-0.05, 0) is 44.7 Å². The lowest BCUT2D eigenvalue weighted by atomic mass is 10.2. The van der Waals surface area contributed by atoms with E-state index in [1.807, 2.05) is 20.9 Å². The topological polar surface area (TPSA) is 50.2 Å². The Morgan fingerprint density at radius 1 is 1.31 bits per heavy atom. The fourth-order valence-corrected chi connectivity index (χ4v) is 4.10. The molecule has 3 rings (SSSR count). The Labute approximate surface area is 158 Å². The predicted molar refractivity (Wildman–Crippen MR) is 108 cm³/mol. The van der Waals surface area contributed by atoms with Crippen molar-refractivity contribution in [2.24, 2.45) is 0 Å². The zero-order valence-corrected chi connectivity index (χ0v) is 16.6. The number of urea groups is 1. The molecule has 2 amide bonds. The Kier molecular flexibility index (Phi) is 5.61. The molecule has 26 heavy (non-hydrogen) atoms. The van der Waals surface area contributed by atoms with Crippen molar-refractivity contribution in [3.63, 3.8) is 0 Å². The van der Waals surface area contributed by atoms with Crippen LogP contribution in [0.3, 0.4) is 0 Å². The summed E-state index contributed by atoms with van der Waals surface area (Å²) in [7, 11) is 1.83. The molecule has 5 nitrogen and oxygen atoms in total. The molecule has 0 aliphatic rings. The van der Waals surface area contributed by atoms with E-state index >= 15 is 0 Å². The first-order valence-corrected chi connectivity index (χ1v) is 9.77. The standard InChI is InChI=1S/C20H26N4OS/c1-14(19-15(2)26-16(3)22-19)23(4)20(25)21-11-7-12-24-13-10-17-8-5-6-9-18(17)24/h5-6,8-10,13-14H,7,11-12H2,1-4H3,(H,21,25)/t14-/m0/s1. The van der Waals surface area contributed by atoms with E-state index in [2.05, 4.69) is 58.3 Å². The second kappa shape index (κ2) is 7.91. The minimum absolute atomic E-state index is 0.0339. The Morgan fingerprint density at radius 3 is 2.81 bits per heavy atom. The number of hydrogen-bond donors (Lipinski definition) is 1.